The second-order valence-corrected chi connectivity index (χ2v) is 4.42. The number of ether oxygens (including phenoxy) is 1. The molecule has 5 nitrogen and oxygen atoms in total. The molecular weight excluding hydrogens is 268 g/mol. The Hall–Kier alpha value is -2.56. The predicted molar refractivity (Wildman–Crippen MR) is 82.0 cm³/mol. The Morgan fingerprint density at radius 1 is 1.24 bits per heavy atom. The SMILES string of the molecule is CCNc1ccc(-c2cc(OCC)cc(C(=O)O)n2)cc1. The highest BCUT2D eigenvalue weighted by atomic mass is 16.5. The van der Waals surface area contributed by atoms with Crippen LogP contribution in [0.2, 0.25) is 0 Å². The van der Waals surface area contributed by atoms with Crippen LogP contribution in [0.5, 0.6) is 5.75 Å². The second kappa shape index (κ2) is 6.74. The van der Waals surface area contributed by atoms with E-state index in [0.717, 1.165) is 17.8 Å². The van der Waals surface area contributed by atoms with Crippen LogP contribution in [-0.4, -0.2) is 29.2 Å². The molecule has 0 amide bonds. The summed E-state index contributed by atoms with van der Waals surface area (Å²) in [5, 5.41) is 12.3. The highest BCUT2D eigenvalue weighted by Crippen LogP contribution is 2.24. The molecule has 0 fully saturated rings. The third-order valence-electron chi connectivity index (χ3n) is 2.89. The molecule has 2 aromatic rings. The van der Waals surface area contributed by atoms with E-state index in [0.29, 0.717) is 18.1 Å². The normalized spacial score (nSPS) is 10.2. The lowest BCUT2D eigenvalue weighted by atomic mass is 10.1. The molecule has 2 N–H and O–H groups in total. The molecule has 110 valence electrons. The molecule has 0 saturated heterocycles. The number of pyridine rings is 1. The van der Waals surface area contributed by atoms with Crippen molar-refractivity contribution in [3.05, 3.63) is 42.1 Å². The Labute approximate surface area is 123 Å². The molecule has 0 spiro atoms. The fourth-order valence-corrected chi connectivity index (χ4v) is 1.98. The van der Waals surface area contributed by atoms with Gasteiger partial charge in [-0.05, 0) is 26.0 Å². The largest absolute Gasteiger partial charge is 0.494 e. The Morgan fingerprint density at radius 3 is 2.52 bits per heavy atom. The van der Waals surface area contributed by atoms with Gasteiger partial charge in [0.05, 0.1) is 12.3 Å². The van der Waals surface area contributed by atoms with Crippen molar-refractivity contribution in [3.63, 3.8) is 0 Å². The first kappa shape index (κ1) is 14.8. The van der Waals surface area contributed by atoms with E-state index in [1.165, 1.54) is 6.07 Å². The first-order valence-electron chi connectivity index (χ1n) is 6.86. The number of hydrogen-bond donors (Lipinski definition) is 2. The Balaban J connectivity index is 2.39. The summed E-state index contributed by atoms with van der Waals surface area (Å²) in [5.41, 5.74) is 2.43. The number of benzene rings is 1. The summed E-state index contributed by atoms with van der Waals surface area (Å²) in [6.07, 6.45) is 0. The Bertz CT molecular complexity index is 624. The molecule has 0 aliphatic rings. The van der Waals surface area contributed by atoms with Gasteiger partial charge in [-0.3, -0.25) is 0 Å². The van der Waals surface area contributed by atoms with Crippen molar-refractivity contribution in [3.8, 4) is 17.0 Å². The van der Waals surface area contributed by atoms with E-state index in [-0.39, 0.29) is 5.69 Å². The maximum absolute atomic E-state index is 11.2. The predicted octanol–water partition coefficient (Wildman–Crippen LogP) is 3.28. The Kier molecular flexibility index (Phi) is 4.77. The number of anilines is 1. The molecule has 0 aliphatic heterocycles. The van der Waals surface area contributed by atoms with Crippen molar-refractivity contribution in [2.24, 2.45) is 0 Å². The topological polar surface area (TPSA) is 71.5 Å². The van der Waals surface area contributed by atoms with Crippen molar-refractivity contribution in [2.45, 2.75) is 13.8 Å². The van der Waals surface area contributed by atoms with Gasteiger partial charge in [-0.2, -0.15) is 0 Å². The van der Waals surface area contributed by atoms with Crippen LogP contribution in [-0.2, 0) is 0 Å². The van der Waals surface area contributed by atoms with Gasteiger partial charge in [-0.25, -0.2) is 9.78 Å². The minimum Gasteiger partial charge on any atom is -0.494 e. The zero-order valence-corrected chi connectivity index (χ0v) is 12.1. The van der Waals surface area contributed by atoms with Gasteiger partial charge in [-0.15, -0.1) is 0 Å². The summed E-state index contributed by atoms with van der Waals surface area (Å²) in [6.45, 7) is 5.20. The first-order chi connectivity index (χ1) is 10.1. The van der Waals surface area contributed by atoms with Crippen molar-refractivity contribution in [1.82, 2.24) is 4.98 Å². The summed E-state index contributed by atoms with van der Waals surface area (Å²) >= 11 is 0. The summed E-state index contributed by atoms with van der Waals surface area (Å²) in [5.74, 6) is -0.558. The standard InChI is InChI=1S/C16H18N2O3/c1-3-17-12-7-5-11(6-8-12)14-9-13(21-4-2)10-15(18-14)16(19)20/h5-10,17H,3-4H2,1-2H3,(H,19,20). The summed E-state index contributed by atoms with van der Waals surface area (Å²) in [6, 6.07) is 10.9. The lowest BCUT2D eigenvalue weighted by molar-refractivity contribution is 0.0690. The molecule has 0 radical (unpaired) electrons. The van der Waals surface area contributed by atoms with E-state index in [2.05, 4.69) is 10.3 Å². The fourth-order valence-electron chi connectivity index (χ4n) is 1.98. The van der Waals surface area contributed by atoms with Crippen LogP contribution in [0.3, 0.4) is 0 Å². The number of carboxylic acids is 1. The van der Waals surface area contributed by atoms with Gasteiger partial charge >= 0.3 is 5.97 Å². The van der Waals surface area contributed by atoms with E-state index in [4.69, 9.17) is 9.84 Å². The van der Waals surface area contributed by atoms with Gasteiger partial charge in [0.1, 0.15) is 5.75 Å². The van der Waals surface area contributed by atoms with Crippen LogP contribution in [0.4, 0.5) is 5.69 Å². The average molecular weight is 286 g/mol. The number of nitrogens with one attached hydrogen (secondary N) is 1. The van der Waals surface area contributed by atoms with Crippen LogP contribution in [0.1, 0.15) is 24.3 Å². The monoisotopic (exact) mass is 286 g/mol. The van der Waals surface area contributed by atoms with E-state index >= 15 is 0 Å². The summed E-state index contributed by atoms with van der Waals surface area (Å²) in [7, 11) is 0. The van der Waals surface area contributed by atoms with Crippen LogP contribution in [0.15, 0.2) is 36.4 Å². The first-order valence-corrected chi connectivity index (χ1v) is 6.86. The zero-order valence-electron chi connectivity index (χ0n) is 12.1. The van der Waals surface area contributed by atoms with Gasteiger partial charge in [0.2, 0.25) is 0 Å². The number of carbonyl (C=O) groups is 1. The van der Waals surface area contributed by atoms with Crippen LogP contribution in [0.25, 0.3) is 11.3 Å². The van der Waals surface area contributed by atoms with Crippen LogP contribution in [0, 0.1) is 0 Å². The van der Waals surface area contributed by atoms with Crippen molar-refractivity contribution in [2.75, 3.05) is 18.5 Å². The highest BCUT2D eigenvalue weighted by Gasteiger charge is 2.11. The highest BCUT2D eigenvalue weighted by molar-refractivity contribution is 5.86. The molecule has 0 atom stereocenters. The van der Waals surface area contributed by atoms with E-state index in [1.54, 1.807) is 6.07 Å². The second-order valence-electron chi connectivity index (χ2n) is 4.42. The minimum atomic E-state index is -1.07. The van der Waals surface area contributed by atoms with Gasteiger partial charge in [0.15, 0.2) is 5.69 Å². The third kappa shape index (κ3) is 3.72. The number of rotatable bonds is 6. The molecule has 0 aliphatic carbocycles. The summed E-state index contributed by atoms with van der Waals surface area (Å²) in [4.78, 5) is 15.3. The fraction of sp³-hybridized carbons (Fsp3) is 0.250. The van der Waals surface area contributed by atoms with Gasteiger partial charge in [0, 0.05) is 29.9 Å². The lowest BCUT2D eigenvalue weighted by Crippen LogP contribution is -2.03. The number of nitrogens with zero attached hydrogens (tertiary/aromatic N) is 1. The van der Waals surface area contributed by atoms with Crippen molar-refractivity contribution in [1.29, 1.82) is 0 Å². The van der Waals surface area contributed by atoms with Gasteiger partial charge < -0.3 is 15.2 Å². The molecule has 0 bridgehead atoms. The average Bonchev–Trinajstić information content (AvgIpc) is 2.48. The van der Waals surface area contributed by atoms with Gasteiger partial charge in [0.25, 0.3) is 0 Å². The number of hydrogen-bond acceptors (Lipinski definition) is 4. The smallest absolute Gasteiger partial charge is 0.354 e. The van der Waals surface area contributed by atoms with Crippen LogP contribution < -0.4 is 10.1 Å². The number of carboxylic acid groups (broad SMARTS) is 1. The van der Waals surface area contributed by atoms with Crippen molar-refractivity contribution >= 4 is 11.7 Å². The molecule has 1 aromatic heterocycles. The molecular formula is C16H18N2O3. The number of aromatic carboxylic acids is 1. The van der Waals surface area contributed by atoms with Crippen molar-refractivity contribution < 1.29 is 14.6 Å². The van der Waals surface area contributed by atoms with Crippen LogP contribution >= 0.6 is 0 Å². The molecule has 21 heavy (non-hydrogen) atoms. The minimum absolute atomic E-state index is 0.0216. The van der Waals surface area contributed by atoms with Gasteiger partial charge in [-0.1, -0.05) is 12.1 Å². The molecule has 5 heteroatoms. The number of aromatic nitrogens is 1. The quantitative estimate of drug-likeness (QED) is 0.852. The maximum Gasteiger partial charge on any atom is 0.354 e. The Morgan fingerprint density at radius 2 is 1.95 bits per heavy atom. The molecule has 1 heterocycles. The van der Waals surface area contributed by atoms with E-state index in [1.807, 2.05) is 38.1 Å². The molecule has 2 rings (SSSR count). The van der Waals surface area contributed by atoms with E-state index in [9.17, 15) is 4.79 Å². The lowest BCUT2D eigenvalue weighted by Gasteiger charge is -2.09. The zero-order chi connectivity index (χ0) is 15.2. The molecule has 0 saturated carbocycles. The maximum atomic E-state index is 11.2. The molecule has 1 aromatic carbocycles. The summed E-state index contributed by atoms with van der Waals surface area (Å²) < 4.78 is 5.41. The third-order valence-corrected chi connectivity index (χ3v) is 2.89. The van der Waals surface area contributed by atoms with E-state index < -0.39 is 5.97 Å². The molecule has 0 unspecified atom stereocenters.